The summed E-state index contributed by atoms with van der Waals surface area (Å²) in [6, 6.07) is 10.9. The SMILES string of the molecule is C=CCC(NCc1ccccc1)C1CCCCO1. The highest BCUT2D eigenvalue weighted by Crippen LogP contribution is 2.18. The molecule has 0 bridgehead atoms. The molecule has 18 heavy (non-hydrogen) atoms. The highest BCUT2D eigenvalue weighted by Gasteiger charge is 2.22. The minimum Gasteiger partial charge on any atom is -0.377 e. The first-order chi connectivity index (χ1) is 8.90. The Morgan fingerprint density at radius 3 is 2.83 bits per heavy atom. The fourth-order valence-corrected chi connectivity index (χ4v) is 2.47. The average Bonchev–Trinajstić information content (AvgIpc) is 2.45. The van der Waals surface area contributed by atoms with Gasteiger partial charge in [-0.25, -0.2) is 0 Å². The first-order valence-electron chi connectivity index (χ1n) is 6.90. The number of hydrogen-bond donors (Lipinski definition) is 1. The van der Waals surface area contributed by atoms with E-state index in [1.807, 2.05) is 6.08 Å². The highest BCUT2D eigenvalue weighted by atomic mass is 16.5. The van der Waals surface area contributed by atoms with Crippen LogP contribution in [-0.4, -0.2) is 18.8 Å². The third-order valence-corrected chi connectivity index (χ3v) is 3.50. The first-order valence-corrected chi connectivity index (χ1v) is 6.90. The monoisotopic (exact) mass is 245 g/mol. The normalized spacial score (nSPS) is 21.4. The second-order valence-corrected chi connectivity index (χ2v) is 4.90. The molecule has 0 radical (unpaired) electrons. The largest absolute Gasteiger partial charge is 0.377 e. The van der Waals surface area contributed by atoms with E-state index in [-0.39, 0.29) is 0 Å². The van der Waals surface area contributed by atoms with Crippen molar-refractivity contribution in [3.8, 4) is 0 Å². The molecule has 1 aliphatic rings. The maximum atomic E-state index is 5.87. The molecular formula is C16H23NO. The van der Waals surface area contributed by atoms with Crippen LogP contribution in [0.3, 0.4) is 0 Å². The first kappa shape index (κ1) is 13.3. The molecule has 0 aliphatic carbocycles. The molecule has 0 spiro atoms. The van der Waals surface area contributed by atoms with Crippen LogP contribution in [0.4, 0.5) is 0 Å². The number of ether oxygens (including phenoxy) is 1. The van der Waals surface area contributed by atoms with Gasteiger partial charge < -0.3 is 10.1 Å². The zero-order valence-corrected chi connectivity index (χ0v) is 11.0. The molecular weight excluding hydrogens is 222 g/mol. The van der Waals surface area contributed by atoms with Crippen molar-refractivity contribution in [2.75, 3.05) is 6.61 Å². The van der Waals surface area contributed by atoms with Gasteiger partial charge in [0.25, 0.3) is 0 Å². The number of nitrogens with one attached hydrogen (secondary N) is 1. The Balaban J connectivity index is 1.87. The van der Waals surface area contributed by atoms with E-state index >= 15 is 0 Å². The minimum absolute atomic E-state index is 0.348. The van der Waals surface area contributed by atoms with Gasteiger partial charge in [0.1, 0.15) is 0 Å². The van der Waals surface area contributed by atoms with E-state index in [2.05, 4.69) is 42.2 Å². The van der Waals surface area contributed by atoms with E-state index in [1.54, 1.807) is 0 Å². The lowest BCUT2D eigenvalue weighted by Crippen LogP contribution is -2.42. The summed E-state index contributed by atoms with van der Waals surface area (Å²) in [5.74, 6) is 0. The summed E-state index contributed by atoms with van der Waals surface area (Å²) in [5, 5.41) is 3.61. The van der Waals surface area contributed by atoms with Gasteiger partial charge >= 0.3 is 0 Å². The molecule has 1 aromatic carbocycles. The van der Waals surface area contributed by atoms with Gasteiger partial charge in [0.2, 0.25) is 0 Å². The molecule has 1 heterocycles. The quantitative estimate of drug-likeness (QED) is 0.777. The second kappa shape index (κ2) is 7.34. The Morgan fingerprint density at radius 2 is 2.17 bits per heavy atom. The minimum atomic E-state index is 0.348. The number of rotatable bonds is 6. The Hall–Kier alpha value is -1.12. The molecule has 98 valence electrons. The molecule has 2 unspecified atom stereocenters. The lowest BCUT2D eigenvalue weighted by Gasteiger charge is -2.30. The van der Waals surface area contributed by atoms with Crippen molar-refractivity contribution in [1.29, 1.82) is 0 Å². The van der Waals surface area contributed by atoms with Crippen LogP contribution in [0, 0.1) is 0 Å². The summed E-state index contributed by atoms with van der Waals surface area (Å²) in [7, 11) is 0. The van der Waals surface area contributed by atoms with Crippen molar-refractivity contribution in [2.24, 2.45) is 0 Å². The average molecular weight is 245 g/mol. The molecule has 2 nitrogen and oxygen atoms in total. The van der Waals surface area contributed by atoms with E-state index in [1.165, 1.54) is 24.8 Å². The van der Waals surface area contributed by atoms with E-state index in [4.69, 9.17) is 4.74 Å². The van der Waals surface area contributed by atoms with Crippen molar-refractivity contribution in [3.63, 3.8) is 0 Å². The molecule has 0 aromatic heterocycles. The lowest BCUT2D eigenvalue weighted by atomic mass is 9.99. The predicted molar refractivity (Wildman–Crippen MR) is 75.5 cm³/mol. The van der Waals surface area contributed by atoms with E-state index in [0.717, 1.165) is 19.6 Å². The van der Waals surface area contributed by atoms with Gasteiger partial charge in [0.15, 0.2) is 0 Å². The van der Waals surface area contributed by atoms with Crippen LogP contribution >= 0.6 is 0 Å². The Kier molecular flexibility index (Phi) is 5.43. The lowest BCUT2D eigenvalue weighted by molar-refractivity contribution is -0.00729. The fourth-order valence-electron chi connectivity index (χ4n) is 2.47. The molecule has 1 N–H and O–H groups in total. The third-order valence-electron chi connectivity index (χ3n) is 3.50. The Labute approximate surface area is 110 Å². The molecule has 1 aromatic rings. The number of hydrogen-bond acceptors (Lipinski definition) is 2. The summed E-state index contributed by atoms with van der Waals surface area (Å²) in [6.45, 7) is 5.66. The van der Waals surface area contributed by atoms with Crippen LogP contribution in [0.5, 0.6) is 0 Å². The van der Waals surface area contributed by atoms with E-state index in [0.29, 0.717) is 12.1 Å². The predicted octanol–water partition coefficient (Wildman–Crippen LogP) is 3.29. The van der Waals surface area contributed by atoms with Crippen molar-refractivity contribution in [3.05, 3.63) is 48.6 Å². The van der Waals surface area contributed by atoms with Crippen LogP contribution in [0.2, 0.25) is 0 Å². The van der Waals surface area contributed by atoms with Crippen LogP contribution < -0.4 is 5.32 Å². The van der Waals surface area contributed by atoms with Gasteiger partial charge in [-0.2, -0.15) is 0 Å². The zero-order chi connectivity index (χ0) is 12.6. The molecule has 1 fully saturated rings. The standard InChI is InChI=1S/C16H23NO/c1-2-8-15(16-11-6-7-12-18-16)17-13-14-9-4-3-5-10-14/h2-5,9-10,15-17H,1,6-8,11-13H2. The molecule has 1 saturated heterocycles. The highest BCUT2D eigenvalue weighted by molar-refractivity contribution is 5.14. The maximum absolute atomic E-state index is 5.87. The van der Waals surface area contributed by atoms with Gasteiger partial charge in [-0.05, 0) is 31.2 Å². The van der Waals surface area contributed by atoms with Crippen molar-refractivity contribution in [1.82, 2.24) is 5.32 Å². The summed E-state index contributed by atoms with van der Waals surface area (Å²) in [6.07, 6.45) is 6.96. The molecule has 2 heteroatoms. The topological polar surface area (TPSA) is 21.3 Å². The van der Waals surface area contributed by atoms with Crippen molar-refractivity contribution in [2.45, 2.75) is 44.4 Å². The fraction of sp³-hybridized carbons (Fsp3) is 0.500. The van der Waals surface area contributed by atoms with Gasteiger partial charge in [-0.1, -0.05) is 36.4 Å². The Bertz CT molecular complexity index is 343. The third kappa shape index (κ3) is 3.97. The molecule has 1 aliphatic heterocycles. The molecule has 2 atom stereocenters. The van der Waals surface area contributed by atoms with Crippen molar-refractivity contribution < 1.29 is 4.74 Å². The second-order valence-electron chi connectivity index (χ2n) is 4.90. The molecule has 0 amide bonds. The summed E-state index contributed by atoms with van der Waals surface area (Å²) in [5.41, 5.74) is 1.32. The van der Waals surface area contributed by atoms with Gasteiger partial charge in [0, 0.05) is 19.2 Å². The summed E-state index contributed by atoms with van der Waals surface area (Å²) >= 11 is 0. The summed E-state index contributed by atoms with van der Waals surface area (Å²) in [4.78, 5) is 0. The van der Waals surface area contributed by atoms with Gasteiger partial charge in [0.05, 0.1) is 6.10 Å². The smallest absolute Gasteiger partial charge is 0.0731 e. The Morgan fingerprint density at radius 1 is 1.33 bits per heavy atom. The van der Waals surface area contributed by atoms with Gasteiger partial charge in [-0.3, -0.25) is 0 Å². The van der Waals surface area contributed by atoms with Crippen LogP contribution in [-0.2, 0) is 11.3 Å². The maximum Gasteiger partial charge on any atom is 0.0731 e. The molecule has 2 rings (SSSR count). The number of benzene rings is 1. The zero-order valence-electron chi connectivity index (χ0n) is 11.0. The molecule has 0 saturated carbocycles. The van der Waals surface area contributed by atoms with Crippen LogP contribution in [0.1, 0.15) is 31.2 Å². The summed E-state index contributed by atoms with van der Waals surface area (Å²) < 4.78 is 5.87. The van der Waals surface area contributed by atoms with Crippen LogP contribution in [0.25, 0.3) is 0 Å². The van der Waals surface area contributed by atoms with Gasteiger partial charge in [-0.15, -0.1) is 6.58 Å². The van der Waals surface area contributed by atoms with Crippen LogP contribution in [0.15, 0.2) is 43.0 Å². The van der Waals surface area contributed by atoms with E-state index < -0.39 is 0 Å². The van der Waals surface area contributed by atoms with Crippen molar-refractivity contribution >= 4 is 0 Å². The van der Waals surface area contributed by atoms with E-state index in [9.17, 15) is 0 Å².